The number of benzene rings is 2. The highest BCUT2D eigenvalue weighted by Gasteiger charge is 2.29. The van der Waals surface area contributed by atoms with Gasteiger partial charge in [-0.05, 0) is 24.6 Å². The van der Waals surface area contributed by atoms with E-state index >= 15 is 0 Å². The molecule has 1 atom stereocenters. The fraction of sp³-hybridized carbons (Fsp3) is 0.208. The maximum absolute atomic E-state index is 13.2. The van der Waals surface area contributed by atoms with Crippen molar-refractivity contribution in [1.29, 1.82) is 0 Å². The first-order valence-corrected chi connectivity index (χ1v) is 10.3. The normalized spacial score (nSPS) is 14.3. The highest BCUT2D eigenvalue weighted by atomic mass is 16.5. The summed E-state index contributed by atoms with van der Waals surface area (Å²) in [4.78, 5) is 32.5. The van der Waals surface area contributed by atoms with Crippen molar-refractivity contribution in [2.24, 2.45) is 0 Å². The number of aromatic nitrogens is 3. The lowest BCUT2D eigenvalue weighted by Gasteiger charge is -2.30. The van der Waals surface area contributed by atoms with Crippen LogP contribution in [0.2, 0.25) is 0 Å². The molecular formula is C24H22N4O3. The lowest BCUT2D eigenvalue weighted by atomic mass is 10.1. The Morgan fingerprint density at radius 1 is 1.10 bits per heavy atom. The Morgan fingerprint density at radius 2 is 1.81 bits per heavy atom. The summed E-state index contributed by atoms with van der Waals surface area (Å²) in [6, 6.07) is 20.9. The number of nitrogens with one attached hydrogen (secondary N) is 1. The molecule has 0 fully saturated rings. The van der Waals surface area contributed by atoms with Gasteiger partial charge in [0.2, 0.25) is 0 Å². The van der Waals surface area contributed by atoms with E-state index < -0.39 is 6.10 Å². The molecular weight excluding hydrogens is 392 g/mol. The number of ether oxygens (including phenoxy) is 1. The van der Waals surface area contributed by atoms with Gasteiger partial charge in [-0.25, -0.2) is 9.50 Å². The molecule has 0 saturated heterocycles. The second-order valence-corrected chi connectivity index (χ2v) is 7.65. The van der Waals surface area contributed by atoms with Crippen molar-refractivity contribution in [2.75, 3.05) is 6.54 Å². The van der Waals surface area contributed by atoms with Gasteiger partial charge in [-0.1, -0.05) is 48.5 Å². The van der Waals surface area contributed by atoms with Crippen molar-refractivity contribution < 1.29 is 9.53 Å². The number of carbonyl (C=O) groups excluding carboxylic acids is 1. The Hall–Kier alpha value is -3.87. The first-order valence-electron chi connectivity index (χ1n) is 10.3. The van der Waals surface area contributed by atoms with Gasteiger partial charge in [-0.15, -0.1) is 0 Å². The smallest absolute Gasteiger partial charge is 0.277 e. The Balaban J connectivity index is 1.41. The highest BCUT2D eigenvalue weighted by molar-refractivity contribution is 5.81. The number of para-hydroxylation sites is 1. The predicted molar refractivity (Wildman–Crippen MR) is 117 cm³/mol. The summed E-state index contributed by atoms with van der Waals surface area (Å²) in [5, 5.41) is 3.14. The molecule has 1 unspecified atom stereocenters. The average molecular weight is 414 g/mol. The van der Waals surface area contributed by atoms with Crippen LogP contribution in [0.1, 0.15) is 18.2 Å². The van der Waals surface area contributed by atoms with Crippen molar-refractivity contribution >= 4 is 11.6 Å². The fourth-order valence-corrected chi connectivity index (χ4v) is 3.95. The van der Waals surface area contributed by atoms with E-state index in [-0.39, 0.29) is 18.0 Å². The second kappa shape index (κ2) is 7.75. The average Bonchev–Trinajstić information content (AvgIpc) is 3.24. The largest absolute Gasteiger partial charge is 0.481 e. The summed E-state index contributed by atoms with van der Waals surface area (Å²) < 4.78 is 7.23. The third-order valence-electron chi connectivity index (χ3n) is 5.56. The van der Waals surface area contributed by atoms with Gasteiger partial charge in [0, 0.05) is 19.0 Å². The molecule has 0 saturated carbocycles. The van der Waals surface area contributed by atoms with E-state index in [0.717, 1.165) is 17.0 Å². The Morgan fingerprint density at radius 3 is 2.55 bits per heavy atom. The zero-order valence-electron chi connectivity index (χ0n) is 17.1. The predicted octanol–water partition coefficient (Wildman–Crippen LogP) is 3.04. The molecule has 1 aliphatic heterocycles. The monoisotopic (exact) mass is 414 g/mol. The number of H-pyrrole nitrogens is 1. The van der Waals surface area contributed by atoms with Crippen LogP contribution in [0.3, 0.4) is 0 Å². The van der Waals surface area contributed by atoms with Gasteiger partial charge in [0.1, 0.15) is 5.75 Å². The number of hydrogen-bond acceptors (Lipinski definition) is 4. The fourth-order valence-electron chi connectivity index (χ4n) is 3.95. The number of hydrogen-bond donors (Lipinski definition) is 1. The number of amides is 1. The quantitative estimate of drug-likeness (QED) is 0.557. The number of rotatable bonds is 4. The summed E-state index contributed by atoms with van der Waals surface area (Å²) >= 11 is 0. The maximum atomic E-state index is 13.2. The first kappa shape index (κ1) is 19.1. The van der Waals surface area contributed by atoms with E-state index in [9.17, 15) is 9.59 Å². The second-order valence-electron chi connectivity index (χ2n) is 7.65. The van der Waals surface area contributed by atoms with Crippen LogP contribution in [0.4, 0.5) is 0 Å². The SMILES string of the molecule is CC(Oc1ccccc1)C(=O)N1CCc2nc3cc(-c4ccccc4)[nH]n3c(=O)c2C1. The van der Waals surface area contributed by atoms with E-state index in [4.69, 9.17) is 9.72 Å². The van der Waals surface area contributed by atoms with Crippen LogP contribution in [0.5, 0.6) is 5.75 Å². The van der Waals surface area contributed by atoms with Crippen molar-refractivity contribution in [3.05, 3.63) is 88.3 Å². The standard InChI is InChI=1S/C24H22N4O3/c1-16(31-18-10-6-3-7-11-18)23(29)27-13-12-20-19(15-27)24(30)28-22(25-20)14-21(26-28)17-8-4-2-5-9-17/h2-11,14,16,26H,12-13,15H2,1H3. The Labute approximate surface area is 178 Å². The topological polar surface area (TPSA) is 79.7 Å². The molecule has 1 aliphatic rings. The molecule has 7 heteroatoms. The van der Waals surface area contributed by atoms with Crippen molar-refractivity contribution in [1.82, 2.24) is 19.5 Å². The summed E-state index contributed by atoms with van der Waals surface area (Å²) in [7, 11) is 0. The molecule has 1 N–H and O–H groups in total. The van der Waals surface area contributed by atoms with Crippen LogP contribution in [-0.4, -0.2) is 38.1 Å². The van der Waals surface area contributed by atoms with Crippen molar-refractivity contribution in [2.45, 2.75) is 26.0 Å². The van der Waals surface area contributed by atoms with E-state index in [1.165, 1.54) is 4.52 Å². The van der Waals surface area contributed by atoms with Crippen LogP contribution in [0, 0.1) is 0 Å². The minimum atomic E-state index is -0.640. The molecule has 0 radical (unpaired) electrons. The van der Waals surface area contributed by atoms with Gasteiger partial charge in [0.05, 0.1) is 23.5 Å². The summed E-state index contributed by atoms with van der Waals surface area (Å²) in [5.41, 5.74) is 3.52. The van der Waals surface area contributed by atoms with Gasteiger partial charge in [-0.2, -0.15) is 0 Å². The third kappa shape index (κ3) is 3.59. The molecule has 0 aliphatic carbocycles. The van der Waals surface area contributed by atoms with Crippen molar-refractivity contribution in [3.63, 3.8) is 0 Å². The van der Waals surface area contributed by atoms with Gasteiger partial charge < -0.3 is 9.64 Å². The van der Waals surface area contributed by atoms with E-state index in [1.807, 2.05) is 66.7 Å². The zero-order chi connectivity index (χ0) is 21.4. The molecule has 7 nitrogen and oxygen atoms in total. The van der Waals surface area contributed by atoms with Crippen LogP contribution in [-0.2, 0) is 17.8 Å². The molecule has 31 heavy (non-hydrogen) atoms. The summed E-state index contributed by atoms with van der Waals surface area (Å²) in [6.45, 7) is 2.47. The van der Waals surface area contributed by atoms with Gasteiger partial charge in [0.15, 0.2) is 11.8 Å². The minimum Gasteiger partial charge on any atom is -0.481 e. The van der Waals surface area contributed by atoms with E-state index in [2.05, 4.69) is 5.10 Å². The molecule has 0 bridgehead atoms. The number of carbonyl (C=O) groups is 1. The number of nitrogens with zero attached hydrogens (tertiary/aromatic N) is 3. The maximum Gasteiger partial charge on any atom is 0.277 e. The number of fused-ring (bicyclic) bond motifs is 2. The van der Waals surface area contributed by atoms with Crippen LogP contribution < -0.4 is 10.3 Å². The van der Waals surface area contributed by atoms with Gasteiger partial charge in [0.25, 0.3) is 11.5 Å². The van der Waals surface area contributed by atoms with Gasteiger partial charge in [-0.3, -0.25) is 14.7 Å². The lowest BCUT2D eigenvalue weighted by Crippen LogP contribution is -2.45. The highest BCUT2D eigenvalue weighted by Crippen LogP contribution is 2.21. The number of aromatic amines is 1. The van der Waals surface area contributed by atoms with E-state index in [0.29, 0.717) is 29.9 Å². The minimum absolute atomic E-state index is 0.143. The van der Waals surface area contributed by atoms with Crippen LogP contribution in [0.25, 0.3) is 16.9 Å². The van der Waals surface area contributed by atoms with Crippen molar-refractivity contribution in [3.8, 4) is 17.0 Å². The van der Waals surface area contributed by atoms with E-state index in [1.54, 1.807) is 11.8 Å². The Bertz CT molecular complexity index is 1300. The van der Waals surface area contributed by atoms with Crippen LogP contribution >= 0.6 is 0 Å². The summed E-state index contributed by atoms with van der Waals surface area (Å²) in [6.07, 6.45) is -0.102. The molecule has 2 aromatic carbocycles. The molecule has 3 heterocycles. The van der Waals surface area contributed by atoms with Gasteiger partial charge >= 0.3 is 0 Å². The molecule has 156 valence electrons. The lowest BCUT2D eigenvalue weighted by molar-refractivity contribution is -0.138. The first-order chi connectivity index (χ1) is 15.1. The zero-order valence-corrected chi connectivity index (χ0v) is 17.1. The molecule has 0 spiro atoms. The Kier molecular flexibility index (Phi) is 4.78. The van der Waals surface area contributed by atoms with Crippen LogP contribution in [0.15, 0.2) is 71.5 Å². The molecule has 1 amide bonds. The third-order valence-corrected chi connectivity index (χ3v) is 5.56. The summed E-state index contributed by atoms with van der Waals surface area (Å²) in [5.74, 6) is 0.500. The molecule has 5 rings (SSSR count). The molecule has 4 aromatic rings. The molecule has 2 aromatic heterocycles.